The number of hydrazone groups is 1. The summed E-state index contributed by atoms with van der Waals surface area (Å²) in [5.74, 6) is 0.405. The van der Waals surface area contributed by atoms with Crippen LogP contribution in [0.25, 0.3) is 0 Å². The third-order valence-corrected chi connectivity index (χ3v) is 5.80. The van der Waals surface area contributed by atoms with E-state index in [1.165, 1.54) is 11.8 Å². The molecule has 2 N–H and O–H groups in total. The number of aromatic nitrogens is 1. The summed E-state index contributed by atoms with van der Waals surface area (Å²) in [6.07, 6.45) is 5.33. The molecule has 164 valence electrons. The number of nitrogens with zero attached hydrogens (tertiary/aromatic N) is 2. The second-order valence-electron chi connectivity index (χ2n) is 7.77. The molecule has 0 aliphatic heterocycles. The maximum absolute atomic E-state index is 12.8. The number of pyridine rings is 1. The Morgan fingerprint density at radius 3 is 2.66 bits per heavy atom. The maximum atomic E-state index is 12.8. The number of carbonyl (C=O) groups excluding carboxylic acids is 2. The molecule has 7 nitrogen and oxygen atoms in total. The number of rotatable bonds is 5. The van der Waals surface area contributed by atoms with E-state index in [9.17, 15) is 9.59 Å². The highest BCUT2D eigenvalue weighted by atomic mass is 79.9. The average Bonchev–Trinajstić information content (AvgIpc) is 3.14. The quantitative estimate of drug-likeness (QED) is 0.511. The number of hydrogen-bond donors (Lipinski definition) is 2. The van der Waals surface area contributed by atoms with Crippen LogP contribution in [-0.2, 0) is 13.0 Å². The fraction of sp³-hybridized carbons (Fsp3) is 0.250. The lowest BCUT2D eigenvalue weighted by atomic mass is 9.93. The average molecular weight is 495 g/mol. The molecule has 32 heavy (non-hydrogen) atoms. The van der Waals surface area contributed by atoms with Crippen molar-refractivity contribution in [2.24, 2.45) is 5.10 Å². The van der Waals surface area contributed by atoms with Crippen molar-refractivity contribution in [2.45, 2.75) is 39.7 Å². The van der Waals surface area contributed by atoms with Gasteiger partial charge in [-0.3, -0.25) is 14.6 Å². The fourth-order valence-corrected chi connectivity index (χ4v) is 4.05. The molecule has 2 heterocycles. The number of aryl methyl sites for hydroxylation is 2. The summed E-state index contributed by atoms with van der Waals surface area (Å²) >= 11 is 3.31. The third-order valence-electron chi connectivity index (χ3n) is 5.37. The molecule has 0 spiro atoms. The second kappa shape index (κ2) is 9.48. The second-order valence-corrected chi connectivity index (χ2v) is 8.68. The van der Waals surface area contributed by atoms with Crippen LogP contribution in [0.3, 0.4) is 0 Å². The van der Waals surface area contributed by atoms with E-state index < -0.39 is 0 Å². The molecule has 1 aliphatic carbocycles. The summed E-state index contributed by atoms with van der Waals surface area (Å²) in [6, 6.07) is 9.68. The maximum Gasteiger partial charge on any atom is 0.287 e. The Hall–Kier alpha value is -3.26. The van der Waals surface area contributed by atoms with E-state index in [0.29, 0.717) is 34.5 Å². The normalized spacial score (nSPS) is 14.2. The molecule has 8 heteroatoms. The molecule has 0 saturated heterocycles. The van der Waals surface area contributed by atoms with Crippen LogP contribution >= 0.6 is 15.9 Å². The van der Waals surface area contributed by atoms with Gasteiger partial charge in [0.05, 0.1) is 11.3 Å². The number of furan rings is 1. The van der Waals surface area contributed by atoms with Crippen LogP contribution in [0, 0.1) is 13.8 Å². The van der Waals surface area contributed by atoms with Crippen LogP contribution in [0.5, 0.6) is 0 Å². The molecule has 0 bridgehead atoms. The molecule has 0 radical (unpaired) electrons. The number of carbonyl (C=O) groups is 2. The van der Waals surface area contributed by atoms with E-state index in [2.05, 4.69) is 36.8 Å². The van der Waals surface area contributed by atoms with Gasteiger partial charge in [0.2, 0.25) is 0 Å². The summed E-state index contributed by atoms with van der Waals surface area (Å²) < 4.78 is 6.63. The standard InChI is InChI=1S/C24H23BrN4O3/c1-14-6-8-16(9-7-14)11-27-24(31)22-15(2)21-19(4-3-5-20(21)32-22)28-29-23(30)17-10-18(25)13-26-12-17/h6-10,12-13H,3-5,11H2,1-2H3,(H,27,31)(H,29,30)/b28-19+. The minimum atomic E-state index is -0.351. The van der Waals surface area contributed by atoms with E-state index >= 15 is 0 Å². The highest BCUT2D eigenvalue weighted by Gasteiger charge is 2.28. The number of nitrogens with one attached hydrogen (secondary N) is 2. The van der Waals surface area contributed by atoms with Crippen molar-refractivity contribution >= 4 is 33.5 Å². The zero-order valence-electron chi connectivity index (χ0n) is 17.9. The summed E-state index contributed by atoms with van der Waals surface area (Å²) in [6.45, 7) is 4.29. The van der Waals surface area contributed by atoms with Crippen LogP contribution in [0.4, 0.5) is 0 Å². The summed E-state index contributed by atoms with van der Waals surface area (Å²) in [7, 11) is 0. The minimum Gasteiger partial charge on any atom is -0.455 e. The largest absolute Gasteiger partial charge is 0.455 e. The minimum absolute atomic E-state index is 0.263. The molecule has 2 amide bonds. The summed E-state index contributed by atoms with van der Waals surface area (Å²) in [5, 5.41) is 7.27. The lowest BCUT2D eigenvalue weighted by molar-refractivity contribution is 0.0919. The number of benzene rings is 1. The van der Waals surface area contributed by atoms with E-state index in [1.54, 1.807) is 12.3 Å². The van der Waals surface area contributed by atoms with Crippen LogP contribution in [-0.4, -0.2) is 22.5 Å². The van der Waals surface area contributed by atoms with Gasteiger partial charge >= 0.3 is 0 Å². The Bertz CT molecular complexity index is 1200. The van der Waals surface area contributed by atoms with E-state index in [4.69, 9.17) is 4.42 Å². The molecule has 0 unspecified atom stereocenters. The lowest BCUT2D eigenvalue weighted by Gasteiger charge is -2.13. The first-order valence-electron chi connectivity index (χ1n) is 10.4. The molecule has 0 fully saturated rings. The molecule has 0 saturated carbocycles. The Morgan fingerprint density at radius 2 is 1.91 bits per heavy atom. The first-order valence-corrected chi connectivity index (χ1v) is 11.2. The topological polar surface area (TPSA) is 96.6 Å². The lowest BCUT2D eigenvalue weighted by Crippen LogP contribution is -2.23. The predicted molar refractivity (Wildman–Crippen MR) is 125 cm³/mol. The Balaban J connectivity index is 1.50. The fourth-order valence-electron chi connectivity index (χ4n) is 3.68. The molecular weight excluding hydrogens is 472 g/mol. The molecule has 3 aromatic rings. The zero-order valence-corrected chi connectivity index (χ0v) is 19.5. The van der Waals surface area contributed by atoms with Gasteiger partial charge in [0, 0.05) is 41.0 Å². The van der Waals surface area contributed by atoms with E-state index in [1.807, 2.05) is 38.1 Å². The summed E-state index contributed by atoms with van der Waals surface area (Å²) in [4.78, 5) is 29.2. The molecule has 1 aliphatic rings. The van der Waals surface area contributed by atoms with E-state index in [-0.39, 0.29) is 11.8 Å². The Morgan fingerprint density at radius 1 is 1.12 bits per heavy atom. The van der Waals surface area contributed by atoms with Gasteiger partial charge in [-0.25, -0.2) is 5.43 Å². The zero-order chi connectivity index (χ0) is 22.7. The Labute approximate surface area is 194 Å². The molecular formula is C24H23BrN4O3. The number of fused-ring (bicyclic) bond motifs is 1. The molecule has 1 aromatic carbocycles. The number of halogens is 1. The molecule has 0 atom stereocenters. The summed E-state index contributed by atoms with van der Waals surface area (Å²) in [5.41, 5.74) is 7.45. The van der Waals surface area contributed by atoms with Gasteiger partial charge in [-0.2, -0.15) is 5.10 Å². The van der Waals surface area contributed by atoms with Gasteiger partial charge in [-0.1, -0.05) is 29.8 Å². The highest BCUT2D eigenvalue weighted by Crippen LogP contribution is 2.30. The number of hydrogen-bond acceptors (Lipinski definition) is 5. The van der Waals surface area contributed by atoms with Gasteiger partial charge < -0.3 is 9.73 Å². The Kier molecular flexibility index (Phi) is 6.50. The van der Waals surface area contributed by atoms with Crippen LogP contribution in [0.15, 0.2) is 56.7 Å². The van der Waals surface area contributed by atoms with Gasteiger partial charge in [0.1, 0.15) is 5.76 Å². The van der Waals surface area contributed by atoms with Crippen molar-refractivity contribution in [3.05, 3.63) is 86.5 Å². The van der Waals surface area contributed by atoms with Gasteiger partial charge in [0.15, 0.2) is 5.76 Å². The van der Waals surface area contributed by atoms with E-state index in [0.717, 1.165) is 35.3 Å². The van der Waals surface area contributed by atoms with Crippen LogP contribution in [0.1, 0.15) is 61.8 Å². The van der Waals surface area contributed by atoms with Gasteiger partial charge in [-0.05, 0) is 54.2 Å². The first-order chi connectivity index (χ1) is 15.4. The van der Waals surface area contributed by atoms with Crippen molar-refractivity contribution in [1.82, 2.24) is 15.7 Å². The van der Waals surface area contributed by atoms with Crippen molar-refractivity contribution in [3.63, 3.8) is 0 Å². The molecule has 2 aromatic heterocycles. The van der Waals surface area contributed by atoms with Gasteiger partial charge in [-0.15, -0.1) is 0 Å². The van der Waals surface area contributed by atoms with Crippen LogP contribution in [0.2, 0.25) is 0 Å². The highest BCUT2D eigenvalue weighted by molar-refractivity contribution is 9.10. The first kappa shape index (κ1) is 22.0. The number of amides is 2. The van der Waals surface area contributed by atoms with Gasteiger partial charge in [0.25, 0.3) is 11.8 Å². The van der Waals surface area contributed by atoms with Crippen molar-refractivity contribution in [2.75, 3.05) is 0 Å². The monoisotopic (exact) mass is 494 g/mol. The third kappa shape index (κ3) is 4.80. The molecule has 4 rings (SSSR count). The van der Waals surface area contributed by atoms with Crippen LogP contribution < -0.4 is 10.7 Å². The smallest absolute Gasteiger partial charge is 0.287 e. The van der Waals surface area contributed by atoms with Crippen molar-refractivity contribution < 1.29 is 14.0 Å². The van der Waals surface area contributed by atoms with Crippen molar-refractivity contribution in [1.29, 1.82) is 0 Å². The van der Waals surface area contributed by atoms with Crippen molar-refractivity contribution in [3.8, 4) is 0 Å². The predicted octanol–water partition coefficient (Wildman–Crippen LogP) is 4.45. The SMILES string of the molecule is Cc1ccc(CNC(=O)c2oc3c(c2C)/C(=N/NC(=O)c2cncc(Br)c2)CCC3)cc1.